The van der Waals surface area contributed by atoms with Gasteiger partial charge >= 0.3 is 0 Å². The number of rotatable bonds is 2. The van der Waals surface area contributed by atoms with Gasteiger partial charge in [0.1, 0.15) is 10.3 Å². The molecule has 3 rings (SSSR count). The molecule has 5 heteroatoms. The number of carbonyl (C=O) groups is 1. The van der Waals surface area contributed by atoms with Gasteiger partial charge in [-0.25, -0.2) is 4.98 Å². The van der Waals surface area contributed by atoms with E-state index in [1.54, 1.807) is 10.6 Å². The van der Waals surface area contributed by atoms with E-state index in [-0.39, 0.29) is 27.6 Å². The Balaban J connectivity index is 2.03. The van der Waals surface area contributed by atoms with Crippen LogP contribution in [-0.4, -0.2) is 15.5 Å². The third-order valence-corrected chi connectivity index (χ3v) is 4.68. The van der Waals surface area contributed by atoms with Crippen molar-refractivity contribution < 1.29 is 4.79 Å². The summed E-state index contributed by atoms with van der Waals surface area (Å²) in [6, 6.07) is 7.67. The van der Waals surface area contributed by atoms with Crippen molar-refractivity contribution >= 4 is 40.1 Å². The fourth-order valence-corrected chi connectivity index (χ4v) is 3.43. The number of allylic oxidation sites excluding steroid dienone is 1. The summed E-state index contributed by atoms with van der Waals surface area (Å²) in [5.74, 6) is 0.711. The van der Waals surface area contributed by atoms with Gasteiger partial charge in [-0.1, -0.05) is 49.2 Å². The Morgan fingerprint density at radius 3 is 2.67 bits per heavy atom. The molecule has 1 fully saturated rings. The highest BCUT2D eigenvalue weighted by atomic mass is 35.5. The van der Waals surface area contributed by atoms with E-state index in [0.717, 1.165) is 11.0 Å². The number of aromatic nitrogens is 2. The van der Waals surface area contributed by atoms with Gasteiger partial charge < -0.3 is 0 Å². The molecule has 21 heavy (non-hydrogen) atoms. The van der Waals surface area contributed by atoms with E-state index in [1.165, 1.54) is 0 Å². The van der Waals surface area contributed by atoms with Crippen LogP contribution in [-0.2, 0) is 0 Å². The lowest BCUT2D eigenvalue weighted by atomic mass is 10.1. The number of fused-ring (bicyclic) bond motifs is 1. The maximum absolute atomic E-state index is 12.9. The van der Waals surface area contributed by atoms with Gasteiger partial charge in [-0.2, -0.15) is 0 Å². The van der Waals surface area contributed by atoms with Crippen LogP contribution in [0.3, 0.4) is 0 Å². The number of hydrogen-bond donors (Lipinski definition) is 0. The minimum Gasteiger partial charge on any atom is -0.274 e. The molecule has 0 spiro atoms. The van der Waals surface area contributed by atoms with Crippen LogP contribution in [0.1, 0.15) is 24.5 Å². The molecule has 0 N–H and O–H groups in total. The zero-order chi connectivity index (χ0) is 15.4. The lowest BCUT2D eigenvalue weighted by Gasteiger charge is -2.06. The maximum Gasteiger partial charge on any atom is 0.236 e. The molecule has 1 aromatic heterocycles. The van der Waals surface area contributed by atoms with Crippen molar-refractivity contribution in [2.24, 2.45) is 17.3 Å². The summed E-state index contributed by atoms with van der Waals surface area (Å²) in [5.41, 5.74) is 1.55. The summed E-state index contributed by atoms with van der Waals surface area (Å²) in [6.45, 7) is 5.97. The number of para-hydroxylation sites is 2. The minimum atomic E-state index is -0.135. The molecule has 0 saturated heterocycles. The van der Waals surface area contributed by atoms with Gasteiger partial charge in [-0.3, -0.25) is 9.36 Å². The highest BCUT2D eigenvalue weighted by molar-refractivity contribution is 6.55. The van der Waals surface area contributed by atoms with Crippen LogP contribution in [0.5, 0.6) is 0 Å². The van der Waals surface area contributed by atoms with Crippen molar-refractivity contribution in [3.8, 4) is 0 Å². The smallest absolute Gasteiger partial charge is 0.236 e. The fourth-order valence-electron chi connectivity index (χ4n) is 3.16. The first-order valence-electron chi connectivity index (χ1n) is 6.85. The van der Waals surface area contributed by atoms with E-state index in [0.29, 0.717) is 5.82 Å². The average Bonchev–Trinajstić information content (AvgIpc) is 2.77. The monoisotopic (exact) mass is 322 g/mol. The van der Waals surface area contributed by atoms with Crippen LogP contribution in [0.2, 0.25) is 0 Å². The molecule has 2 atom stereocenters. The number of nitrogens with zero attached hydrogens (tertiary/aromatic N) is 2. The maximum atomic E-state index is 12.9. The first-order chi connectivity index (χ1) is 9.84. The molecule has 0 amide bonds. The Bertz CT molecular complexity index is 757. The lowest BCUT2D eigenvalue weighted by molar-refractivity contribution is 0.0871. The van der Waals surface area contributed by atoms with Crippen molar-refractivity contribution in [2.75, 3.05) is 0 Å². The molecule has 0 unspecified atom stereocenters. The molecule has 1 saturated carbocycles. The molecule has 1 aromatic carbocycles. The lowest BCUT2D eigenvalue weighted by Crippen LogP contribution is -2.17. The van der Waals surface area contributed by atoms with Gasteiger partial charge in [0.2, 0.25) is 5.91 Å². The fraction of sp³-hybridized carbons (Fsp3) is 0.375. The summed E-state index contributed by atoms with van der Waals surface area (Å²) in [4.78, 5) is 17.4. The Kier molecular flexibility index (Phi) is 3.38. The van der Waals surface area contributed by atoms with Crippen molar-refractivity contribution in [1.82, 2.24) is 9.55 Å². The summed E-state index contributed by atoms with van der Waals surface area (Å²) in [6.07, 6.45) is 1.76. The Hall–Kier alpha value is -1.32. The number of imidazole rings is 1. The Morgan fingerprint density at radius 2 is 2.00 bits per heavy atom. The predicted molar refractivity (Wildman–Crippen MR) is 85.6 cm³/mol. The summed E-state index contributed by atoms with van der Waals surface area (Å²) >= 11 is 11.5. The number of benzene rings is 1. The topological polar surface area (TPSA) is 34.9 Å². The number of halogens is 2. The standard InChI is InChI=1S/C16H16Cl2N2O/c1-9-19-11-6-4-5-7-12(11)20(9)15(21)14-10(8-13(17)18)16(14,2)3/h4-8,10,14H,1-3H3/t10-,14-/m1/s1. The second kappa shape index (κ2) is 4.85. The third-order valence-electron chi connectivity index (χ3n) is 4.43. The molecule has 1 heterocycles. The highest BCUT2D eigenvalue weighted by Crippen LogP contribution is 2.60. The first kappa shape index (κ1) is 14.6. The Labute approximate surface area is 133 Å². The zero-order valence-electron chi connectivity index (χ0n) is 12.1. The second-order valence-electron chi connectivity index (χ2n) is 6.10. The van der Waals surface area contributed by atoms with E-state index < -0.39 is 0 Å². The summed E-state index contributed by atoms with van der Waals surface area (Å²) < 4.78 is 1.92. The molecule has 2 aromatic rings. The molecule has 0 radical (unpaired) electrons. The molecule has 1 aliphatic carbocycles. The third kappa shape index (κ3) is 2.29. The van der Waals surface area contributed by atoms with Gasteiger partial charge in [-0.05, 0) is 36.5 Å². The SMILES string of the molecule is Cc1nc2ccccc2n1C(=O)[C@H]1[C@@H](C=C(Cl)Cl)C1(C)C. The van der Waals surface area contributed by atoms with Gasteiger partial charge in [0.05, 0.1) is 17.0 Å². The average molecular weight is 323 g/mol. The number of hydrogen-bond acceptors (Lipinski definition) is 2. The van der Waals surface area contributed by atoms with Crippen molar-refractivity contribution in [1.29, 1.82) is 0 Å². The minimum absolute atomic E-state index is 0.0574. The van der Waals surface area contributed by atoms with E-state index in [2.05, 4.69) is 18.8 Å². The summed E-state index contributed by atoms with van der Waals surface area (Å²) in [5, 5.41) is 0. The normalized spacial score (nSPS) is 23.1. The van der Waals surface area contributed by atoms with Gasteiger partial charge in [0.25, 0.3) is 0 Å². The van der Waals surface area contributed by atoms with Gasteiger partial charge in [-0.15, -0.1) is 0 Å². The van der Waals surface area contributed by atoms with E-state index in [4.69, 9.17) is 23.2 Å². The molecule has 0 aliphatic heterocycles. The Morgan fingerprint density at radius 1 is 1.33 bits per heavy atom. The molecule has 1 aliphatic rings. The molecular formula is C16H16Cl2N2O. The quantitative estimate of drug-likeness (QED) is 0.811. The highest BCUT2D eigenvalue weighted by Gasteiger charge is 2.61. The number of carbonyl (C=O) groups excluding carboxylic acids is 1. The van der Waals surface area contributed by atoms with E-state index >= 15 is 0 Å². The van der Waals surface area contributed by atoms with Crippen LogP contribution < -0.4 is 0 Å². The van der Waals surface area contributed by atoms with Crippen LogP contribution in [0.4, 0.5) is 0 Å². The molecule has 0 bridgehead atoms. The molecular weight excluding hydrogens is 307 g/mol. The predicted octanol–water partition coefficient (Wildman–Crippen LogP) is 4.58. The van der Waals surface area contributed by atoms with Crippen molar-refractivity contribution in [3.05, 3.63) is 40.7 Å². The van der Waals surface area contributed by atoms with Crippen LogP contribution in [0.15, 0.2) is 34.8 Å². The zero-order valence-corrected chi connectivity index (χ0v) is 13.6. The van der Waals surface area contributed by atoms with Gasteiger partial charge in [0, 0.05) is 0 Å². The second-order valence-corrected chi connectivity index (χ2v) is 7.11. The molecule has 110 valence electrons. The van der Waals surface area contributed by atoms with Crippen molar-refractivity contribution in [2.45, 2.75) is 20.8 Å². The molecule has 3 nitrogen and oxygen atoms in total. The van der Waals surface area contributed by atoms with Crippen LogP contribution >= 0.6 is 23.2 Å². The van der Waals surface area contributed by atoms with Crippen molar-refractivity contribution in [3.63, 3.8) is 0 Å². The first-order valence-corrected chi connectivity index (χ1v) is 7.60. The van der Waals surface area contributed by atoms with E-state index in [1.807, 2.05) is 31.2 Å². The number of aryl methyl sites for hydroxylation is 1. The van der Waals surface area contributed by atoms with Gasteiger partial charge in [0.15, 0.2) is 0 Å². The largest absolute Gasteiger partial charge is 0.274 e. The van der Waals surface area contributed by atoms with E-state index in [9.17, 15) is 4.79 Å². The summed E-state index contributed by atoms with van der Waals surface area (Å²) in [7, 11) is 0. The van der Waals surface area contributed by atoms with Crippen LogP contribution in [0.25, 0.3) is 11.0 Å². The van der Waals surface area contributed by atoms with Crippen LogP contribution in [0, 0.1) is 24.2 Å².